The summed E-state index contributed by atoms with van der Waals surface area (Å²) in [6, 6.07) is 12.5. The molecule has 2 aromatic carbocycles. The van der Waals surface area contributed by atoms with Crippen LogP contribution in [0.15, 0.2) is 53.4 Å². The Bertz CT molecular complexity index is 844. The van der Waals surface area contributed by atoms with E-state index in [1.54, 1.807) is 0 Å². The van der Waals surface area contributed by atoms with Crippen molar-refractivity contribution in [3.63, 3.8) is 0 Å². The van der Waals surface area contributed by atoms with Crippen LogP contribution in [0, 0.1) is 5.82 Å². The summed E-state index contributed by atoms with van der Waals surface area (Å²) in [7, 11) is -3.73. The number of hydrogen-bond donors (Lipinski definition) is 1. The van der Waals surface area contributed by atoms with Crippen molar-refractivity contribution in [1.82, 2.24) is 9.62 Å². The molecule has 1 aliphatic heterocycles. The molecule has 0 spiro atoms. The fourth-order valence-corrected chi connectivity index (χ4v) is 4.57. The number of hydrogen-bond acceptors (Lipinski definition) is 3. The summed E-state index contributed by atoms with van der Waals surface area (Å²) in [5.74, 6) is -0.563. The van der Waals surface area contributed by atoms with Gasteiger partial charge in [-0.15, -0.1) is 0 Å². The Kier molecular flexibility index (Phi) is 5.74. The minimum absolute atomic E-state index is 0.0456. The average Bonchev–Trinajstić information content (AvgIpc) is 2.57. The second-order valence-corrected chi connectivity index (χ2v) is 8.37. The van der Waals surface area contributed by atoms with Gasteiger partial charge in [0.25, 0.3) is 0 Å². The normalized spacial score (nSPS) is 19.0. The van der Waals surface area contributed by atoms with Crippen LogP contribution in [0.25, 0.3) is 0 Å². The summed E-state index contributed by atoms with van der Waals surface area (Å²) < 4.78 is 40.9. The van der Waals surface area contributed by atoms with Gasteiger partial charge in [-0.05, 0) is 49.2 Å². The third-order valence-corrected chi connectivity index (χ3v) is 6.17. The molecule has 1 aliphatic rings. The van der Waals surface area contributed by atoms with Gasteiger partial charge < -0.3 is 0 Å². The molecule has 1 fully saturated rings. The quantitative estimate of drug-likeness (QED) is 0.862. The van der Waals surface area contributed by atoms with Gasteiger partial charge in [0.2, 0.25) is 10.0 Å². The molecule has 2 aromatic rings. The van der Waals surface area contributed by atoms with Crippen molar-refractivity contribution in [2.75, 3.05) is 13.1 Å². The number of benzene rings is 2. The Balaban J connectivity index is 1.66. The summed E-state index contributed by atoms with van der Waals surface area (Å²) >= 11 is 6.21. The Hall–Kier alpha value is -1.47. The molecule has 4 nitrogen and oxygen atoms in total. The van der Waals surface area contributed by atoms with Crippen molar-refractivity contribution in [1.29, 1.82) is 0 Å². The van der Waals surface area contributed by atoms with Crippen LogP contribution >= 0.6 is 11.6 Å². The summed E-state index contributed by atoms with van der Waals surface area (Å²) in [4.78, 5) is 2.14. The number of piperidine rings is 1. The first-order valence-electron chi connectivity index (χ1n) is 8.18. The molecule has 25 heavy (non-hydrogen) atoms. The van der Waals surface area contributed by atoms with E-state index >= 15 is 0 Å². The Morgan fingerprint density at radius 3 is 2.76 bits per heavy atom. The Morgan fingerprint density at radius 1 is 1.20 bits per heavy atom. The molecule has 1 unspecified atom stereocenters. The predicted octanol–water partition coefficient (Wildman–Crippen LogP) is 3.42. The summed E-state index contributed by atoms with van der Waals surface area (Å²) in [6.45, 7) is 2.17. The van der Waals surface area contributed by atoms with Crippen LogP contribution in [0.2, 0.25) is 5.02 Å². The molecule has 0 amide bonds. The molecule has 7 heteroatoms. The number of halogens is 2. The lowest BCUT2D eigenvalue weighted by Crippen LogP contribution is -2.47. The minimum atomic E-state index is -3.73. The first-order chi connectivity index (χ1) is 11.9. The Labute approximate surface area is 152 Å². The Morgan fingerprint density at radius 2 is 2.00 bits per heavy atom. The number of nitrogens with one attached hydrogen (secondary N) is 1. The number of nitrogens with zero attached hydrogens (tertiary/aromatic N) is 1. The van der Waals surface area contributed by atoms with Gasteiger partial charge in [-0.25, -0.2) is 17.5 Å². The van der Waals surface area contributed by atoms with Crippen molar-refractivity contribution in [3.05, 3.63) is 64.9 Å². The van der Waals surface area contributed by atoms with E-state index < -0.39 is 15.8 Å². The van der Waals surface area contributed by atoms with E-state index in [2.05, 4.69) is 9.62 Å². The summed E-state index contributed by atoms with van der Waals surface area (Å²) in [5.41, 5.74) is 1.03. The third kappa shape index (κ3) is 4.79. The zero-order chi connectivity index (χ0) is 17.9. The minimum Gasteiger partial charge on any atom is -0.297 e. The van der Waals surface area contributed by atoms with Crippen molar-refractivity contribution in [2.24, 2.45) is 0 Å². The van der Waals surface area contributed by atoms with E-state index in [-0.39, 0.29) is 10.9 Å². The standard InChI is InChI=1S/C18H20ClFN2O2S/c19-18-9-2-1-5-14(18)12-22-10-4-7-16(13-22)21-25(23,24)17-8-3-6-15(20)11-17/h1-3,5-6,8-9,11,16,21H,4,7,10,12-13H2. The smallest absolute Gasteiger partial charge is 0.240 e. The lowest BCUT2D eigenvalue weighted by Gasteiger charge is -2.33. The van der Waals surface area contributed by atoms with Crippen LogP contribution in [-0.4, -0.2) is 32.4 Å². The number of likely N-dealkylation sites (tertiary alicyclic amines) is 1. The maximum absolute atomic E-state index is 13.3. The molecule has 0 aromatic heterocycles. The zero-order valence-electron chi connectivity index (χ0n) is 13.7. The molecule has 0 saturated carbocycles. The van der Waals surface area contributed by atoms with Crippen LogP contribution in [0.4, 0.5) is 4.39 Å². The van der Waals surface area contributed by atoms with Crippen LogP contribution in [0.5, 0.6) is 0 Å². The second-order valence-electron chi connectivity index (χ2n) is 6.24. The van der Waals surface area contributed by atoms with Gasteiger partial charge >= 0.3 is 0 Å². The van der Waals surface area contributed by atoms with Crippen molar-refractivity contribution in [3.8, 4) is 0 Å². The first kappa shape index (κ1) is 18.3. The van der Waals surface area contributed by atoms with Gasteiger partial charge in [0.15, 0.2) is 0 Å². The maximum Gasteiger partial charge on any atom is 0.240 e. The molecule has 134 valence electrons. The topological polar surface area (TPSA) is 49.4 Å². The highest BCUT2D eigenvalue weighted by atomic mass is 35.5. The van der Waals surface area contributed by atoms with Gasteiger partial charge in [0.1, 0.15) is 5.82 Å². The zero-order valence-corrected chi connectivity index (χ0v) is 15.2. The lowest BCUT2D eigenvalue weighted by atomic mass is 10.1. The molecule has 1 N–H and O–H groups in total. The van der Waals surface area contributed by atoms with Crippen LogP contribution in [-0.2, 0) is 16.6 Å². The predicted molar refractivity (Wildman–Crippen MR) is 96.5 cm³/mol. The van der Waals surface area contributed by atoms with Crippen molar-refractivity contribution < 1.29 is 12.8 Å². The van der Waals surface area contributed by atoms with Crippen LogP contribution in [0.1, 0.15) is 18.4 Å². The summed E-state index contributed by atoms with van der Waals surface area (Å²) in [6.07, 6.45) is 1.65. The van der Waals surface area contributed by atoms with Crippen molar-refractivity contribution >= 4 is 21.6 Å². The monoisotopic (exact) mass is 382 g/mol. The summed E-state index contributed by atoms with van der Waals surface area (Å²) in [5, 5.41) is 0.713. The molecule has 0 aliphatic carbocycles. The second kappa shape index (κ2) is 7.83. The van der Waals surface area contributed by atoms with Crippen LogP contribution < -0.4 is 4.72 Å². The fraction of sp³-hybridized carbons (Fsp3) is 0.333. The molecule has 1 saturated heterocycles. The SMILES string of the molecule is O=S(=O)(NC1CCCN(Cc2ccccc2Cl)C1)c1cccc(F)c1. The number of rotatable bonds is 5. The van der Waals surface area contributed by atoms with E-state index in [4.69, 9.17) is 11.6 Å². The van der Waals surface area contributed by atoms with E-state index in [1.165, 1.54) is 18.2 Å². The van der Waals surface area contributed by atoms with E-state index in [0.717, 1.165) is 31.0 Å². The van der Waals surface area contributed by atoms with Gasteiger partial charge in [-0.2, -0.15) is 0 Å². The van der Waals surface area contributed by atoms with E-state index in [0.29, 0.717) is 18.1 Å². The van der Waals surface area contributed by atoms with E-state index in [1.807, 2.05) is 24.3 Å². The third-order valence-electron chi connectivity index (χ3n) is 4.29. The highest BCUT2D eigenvalue weighted by Gasteiger charge is 2.25. The van der Waals surface area contributed by atoms with Crippen LogP contribution in [0.3, 0.4) is 0 Å². The van der Waals surface area contributed by atoms with Gasteiger partial charge in [-0.3, -0.25) is 4.90 Å². The highest BCUT2D eigenvalue weighted by molar-refractivity contribution is 7.89. The molecule has 3 rings (SSSR count). The molecule has 0 radical (unpaired) electrons. The van der Waals surface area contributed by atoms with Gasteiger partial charge in [0, 0.05) is 24.2 Å². The van der Waals surface area contributed by atoms with E-state index in [9.17, 15) is 12.8 Å². The van der Waals surface area contributed by atoms with Gasteiger partial charge in [0.05, 0.1) is 4.90 Å². The average molecular weight is 383 g/mol. The maximum atomic E-state index is 13.3. The number of sulfonamides is 1. The molecular formula is C18H20ClFN2O2S. The molecule has 1 heterocycles. The van der Waals surface area contributed by atoms with Gasteiger partial charge in [-0.1, -0.05) is 35.9 Å². The fourth-order valence-electron chi connectivity index (χ4n) is 3.08. The first-order valence-corrected chi connectivity index (χ1v) is 10.0. The molecule has 1 atom stereocenters. The molecule has 0 bridgehead atoms. The highest BCUT2D eigenvalue weighted by Crippen LogP contribution is 2.21. The molecular weight excluding hydrogens is 363 g/mol. The van der Waals surface area contributed by atoms with Crippen molar-refractivity contribution in [2.45, 2.75) is 30.3 Å². The lowest BCUT2D eigenvalue weighted by molar-refractivity contribution is 0.194. The largest absolute Gasteiger partial charge is 0.297 e.